The van der Waals surface area contributed by atoms with Crippen LogP contribution in [0.4, 0.5) is 5.69 Å². The molecule has 3 rings (SSSR count). The van der Waals surface area contributed by atoms with Crippen LogP contribution >= 0.6 is 0 Å². The van der Waals surface area contributed by atoms with Crippen LogP contribution in [-0.4, -0.2) is 17.8 Å². The van der Waals surface area contributed by atoms with Gasteiger partial charge in [0.2, 0.25) is 0 Å². The summed E-state index contributed by atoms with van der Waals surface area (Å²) < 4.78 is 5.00. The minimum Gasteiger partial charge on any atom is -0.427 e. The van der Waals surface area contributed by atoms with E-state index in [9.17, 15) is 14.4 Å². The lowest BCUT2D eigenvalue weighted by Crippen LogP contribution is -2.23. The molecule has 0 aliphatic heterocycles. The summed E-state index contributed by atoms with van der Waals surface area (Å²) in [6.45, 7) is 3.55. The zero-order valence-corrected chi connectivity index (χ0v) is 16.8. The maximum atomic E-state index is 12.4. The van der Waals surface area contributed by atoms with Crippen molar-refractivity contribution < 1.29 is 19.1 Å². The average Bonchev–Trinajstić information content (AvgIpc) is 2.72. The minimum absolute atomic E-state index is 0.196. The van der Waals surface area contributed by atoms with Crippen molar-refractivity contribution in [3.8, 4) is 5.75 Å². The molecule has 0 unspecified atom stereocenters. The number of esters is 1. The number of rotatable bonds is 6. The van der Waals surface area contributed by atoms with Crippen molar-refractivity contribution in [3.05, 3.63) is 95.1 Å². The van der Waals surface area contributed by atoms with E-state index in [1.807, 2.05) is 37.3 Å². The Balaban J connectivity index is 1.61. The summed E-state index contributed by atoms with van der Waals surface area (Å²) in [7, 11) is 0. The molecular weight excluding hydrogens is 380 g/mol. The zero-order valence-electron chi connectivity index (χ0n) is 16.8. The number of carbonyl (C=O) groups excluding carboxylic acids is 3. The molecule has 0 heterocycles. The SMILES string of the molecule is CC(=O)Oc1cccc(C(=O)NCc2cccc(NC(=O)c3ccc(C)cc3)c2)c1. The molecule has 6 heteroatoms. The van der Waals surface area contributed by atoms with E-state index in [1.165, 1.54) is 13.0 Å². The summed E-state index contributed by atoms with van der Waals surface area (Å²) in [5, 5.41) is 5.69. The molecule has 2 N–H and O–H groups in total. The van der Waals surface area contributed by atoms with Crippen LogP contribution in [0, 0.1) is 6.92 Å². The molecule has 0 aliphatic rings. The topological polar surface area (TPSA) is 84.5 Å². The molecule has 6 nitrogen and oxygen atoms in total. The second-order valence-corrected chi connectivity index (χ2v) is 6.82. The lowest BCUT2D eigenvalue weighted by atomic mass is 10.1. The van der Waals surface area contributed by atoms with E-state index >= 15 is 0 Å². The Morgan fingerprint density at radius 2 is 1.57 bits per heavy atom. The molecule has 0 saturated heterocycles. The third-order valence-corrected chi connectivity index (χ3v) is 4.31. The Hall–Kier alpha value is -3.93. The smallest absolute Gasteiger partial charge is 0.308 e. The summed E-state index contributed by atoms with van der Waals surface area (Å²) >= 11 is 0. The molecule has 3 aromatic rings. The number of hydrogen-bond donors (Lipinski definition) is 2. The van der Waals surface area contributed by atoms with Gasteiger partial charge in [0.15, 0.2) is 0 Å². The first kappa shape index (κ1) is 20.8. The molecule has 2 amide bonds. The van der Waals surface area contributed by atoms with E-state index in [0.29, 0.717) is 22.6 Å². The lowest BCUT2D eigenvalue weighted by Gasteiger charge is -2.10. The Morgan fingerprint density at radius 1 is 0.833 bits per heavy atom. The van der Waals surface area contributed by atoms with E-state index in [2.05, 4.69) is 10.6 Å². The van der Waals surface area contributed by atoms with Crippen LogP contribution < -0.4 is 15.4 Å². The number of ether oxygens (including phenoxy) is 1. The van der Waals surface area contributed by atoms with E-state index in [0.717, 1.165) is 11.1 Å². The Morgan fingerprint density at radius 3 is 2.30 bits per heavy atom. The number of nitrogens with one attached hydrogen (secondary N) is 2. The molecule has 0 saturated carbocycles. The van der Waals surface area contributed by atoms with Crippen LogP contribution in [0.25, 0.3) is 0 Å². The highest BCUT2D eigenvalue weighted by molar-refractivity contribution is 6.04. The van der Waals surface area contributed by atoms with Gasteiger partial charge in [-0.25, -0.2) is 0 Å². The molecule has 0 aromatic heterocycles. The van der Waals surface area contributed by atoms with Crippen LogP contribution in [0.5, 0.6) is 5.75 Å². The quantitative estimate of drug-likeness (QED) is 0.480. The van der Waals surface area contributed by atoms with Crippen molar-refractivity contribution in [1.29, 1.82) is 0 Å². The molecule has 152 valence electrons. The number of carbonyl (C=O) groups is 3. The van der Waals surface area contributed by atoms with Gasteiger partial charge in [0.1, 0.15) is 5.75 Å². The Bertz CT molecular complexity index is 1070. The van der Waals surface area contributed by atoms with E-state index in [-0.39, 0.29) is 18.4 Å². The van der Waals surface area contributed by atoms with Gasteiger partial charge in [-0.2, -0.15) is 0 Å². The Labute approximate surface area is 174 Å². The number of benzene rings is 3. The fourth-order valence-corrected chi connectivity index (χ4v) is 2.82. The van der Waals surface area contributed by atoms with Gasteiger partial charge in [-0.05, 0) is 55.0 Å². The van der Waals surface area contributed by atoms with Crippen molar-refractivity contribution in [2.45, 2.75) is 20.4 Å². The van der Waals surface area contributed by atoms with Crippen LogP contribution in [-0.2, 0) is 11.3 Å². The van der Waals surface area contributed by atoms with Crippen LogP contribution in [0.3, 0.4) is 0 Å². The van der Waals surface area contributed by atoms with Crippen molar-refractivity contribution in [2.24, 2.45) is 0 Å². The molecule has 0 atom stereocenters. The average molecular weight is 402 g/mol. The number of anilines is 1. The molecule has 0 spiro atoms. The summed E-state index contributed by atoms with van der Waals surface area (Å²) in [6.07, 6.45) is 0. The first-order valence-electron chi connectivity index (χ1n) is 9.44. The van der Waals surface area contributed by atoms with Gasteiger partial charge in [-0.3, -0.25) is 14.4 Å². The number of amides is 2. The number of hydrogen-bond acceptors (Lipinski definition) is 4. The normalized spacial score (nSPS) is 10.2. The molecule has 0 radical (unpaired) electrons. The van der Waals surface area contributed by atoms with Crippen LogP contribution in [0.15, 0.2) is 72.8 Å². The van der Waals surface area contributed by atoms with Crippen molar-refractivity contribution in [3.63, 3.8) is 0 Å². The summed E-state index contributed by atoms with van der Waals surface area (Å²) in [5.74, 6) is -0.621. The molecule has 30 heavy (non-hydrogen) atoms. The van der Waals surface area contributed by atoms with Gasteiger partial charge in [-0.15, -0.1) is 0 Å². The molecule has 0 fully saturated rings. The van der Waals surface area contributed by atoms with E-state index in [4.69, 9.17) is 4.74 Å². The first-order valence-corrected chi connectivity index (χ1v) is 9.44. The van der Waals surface area contributed by atoms with Gasteiger partial charge >= 0.3 is 5.97 Å². The van der Waals surface area contributed by atoms with Gasteiger partial charge in [0, 0.05) is 30.3 Å². The number of aryl methyl sites for hydroxylation is 1. The highest BCUT2D eigenvalue weighted by atomic mass is 16.5. The van der Waals surface area contributed by atoms with Crippen LogP contribution in [0.2, 0.25) is 0 Å². The van der Waals surface area contributed by atoms with Gasteiger partial charge in [0.05, 0.1) is 0 Å². The Kier molecular flexibility index (Phi) is 6.60. The molecule has 0 bridgehead atoms. The van der Waals surface area contributed by atoms with Gasteiger partial charge in [0.25, 0.3) is 11.8 Å². The standard InChI is InChI=1S/C24H22N2O4/c1-16-9-11-19(12-10-16)24(29)26-21-7-3-5-18(13-21)15-25-23(28)20-6-4-8-22(14-20)30-17(2)27/h3-14H,15H2,1-2H3,(H,25,28)(H,26,29). The summed E-state index contributed by atoms with van der Waals surface area (Å²) in [4.78, 5) is 35.9. The van der Waals surface area contributed by atoms with Gasteiger partial charge < -0.3 is 15.4 Å². The maximum Gasteiger partial charge on any atom is 0.308 e. The summed E-state index contributed by atoms with van der Waals surface area (Å²) in [6, 6.07) is 21.0. The summed E-state index contributed by atoms with van der Waals surface area (Å²) in [5.41, 5.74) is 3.53. The maximum absolute atomic E-state index is 12.4. The third kappa shape index (κ3) is 5.78. The third-order valence-electron chi connectivity index (χ3n) is 4.31. The first-order chi connectivity index (χ1) is 14.4. The van der Waals surface area contributed by atoms with Crippen molar-refractivity contribution in [2.75, 3.05) is 5.32 Å². The zero-order chi connectivity index (χ0) is 21.5. The van der Waals surface area contributed by atoms with E-state index in [1.54, 1.807) is 36.4 Å². The highest BCUT2D eigenvalue weighted by Crippen LogP contribution is 2.15. The predicted octanol–water partition coefficient (Wildman–Crippen LogP) is 4.10. The molecule has 0 aliphatic carbocycles. The van der Waals surface area contributed by atoms with Gasteiger partial charge in [-0.1, -0.05) is 35.9 Å². The van der Waals surface area contributed by atoms with Crippen molar-refractivity contribution in [1.82, 2.24) is 5.32 Å². The molecule has 3 aromatic carbocycles. The highest BCUT2D eigenvalue weighted by Gasteiger charge is 2.09. The second-order valence-electron chi connectivity index (χ2n) is 6.82. The minimum atomic E-state index is -0.447. The molecular formula is C24H22N2O4. The fraction of sp³-hybridized carbons (Fsp3) is 0.125. The van der Waals surface area contributed by atoms with E-state index < -0.39 is 5.97 Å². The fourth-order valence-electron chi connectivity index (χ4n) is 2.82. The largest absolute Gasteiger partial charge is 0.427 e. The second kappa shape index (κ2) is 9.52. The van der Waals surface area contributed by atoms with Crippen LogP contribution in [0.1, 0.15) is 38.8 Å². The van der Waals surface area contributed by atoms with Crippen molar-refractivity contribution >= 4 is 23.5 Å². The monoisotopic (exact) mass is 402 g/mol. The predicted molar refractivity (Wildman–Crippen MR) is 114 cm³/mol. The lowest BCUT2D eigenvalue weighted by molar-refractivity contribution is -0.131.